The summed E-state index contributed by atoms with van der Waals surface area (Å²) in [6.45, 7) is 6.38. The fraction of sp³-hybridized carbons (Fsp3) is 0.440. The molecule has 5 nitrogen and oxygen atoms in total. The van der Waals surface area contributed by atoms with Gasteiger partial charge in [-0.3, -0.25) is 0 Å². The first-order chi connectivity index (χ1) is 14.4. The highest BCUT2D eigenvalue weighted by Crippen LogP contribution is 2.44. The van der Waals surface area contributed by atoms with E-state index in [1.165, 1.54) is 0 Å². The van der Waals surface area contributed by atoms with Gasteiger partial charge >= 0.3 is 0 Å². The predicted octanol–water partition coefficient (Wildman–Crippen LogP) is 4.17. The molecule has 2 aliphatic heterocycles. The average molecular weight is 407 g/mol. The van der Waals surface area contributed by atoms with Crippen LogP contribution < -0.4 is 4.74 Å². The largest absolute Gasteiger partial charge is 0.487 e. The van der Waals surface area contributed by atoms with Crippen molar-refractivity contribution in [2.75, 3.05) is 19.6 Å². The number of nitrogens with one attached hydrogen (secondary N) is 1. The number of fused-ring (bicyclic) bond motifs is 2. The quantitative estimate of drug-likeness (QED) is 0.611. The van der Waals surface area contributed by atoms with Crippen LogP contribution in [0, 0.1) is 13.8 Å². The van der Waals surface area contributed by atoms with E-state index in [1.54, 1.807) is 0 Å². The number of likely N-dealkylation sites (tertiary alicyclic amines) is 1. The second kappa shape index (κ2) is 7.41. The van der Waals surface area contributed by atoms with Gasteiger partial charge in [0, 0.05) is 53.8 Å². The maximum Gasteiger partial charge on any atom is 0.125 e. The number of para-hydroxylation sites is 1. The molecule has 0 amide bonds. The van der Waals surface area contributed by atoms with E-state index in [-0.39, 0.29) is 5.60 Å². The Morgan fingerprint density at radius 2 is 1.93 bits per heavy atom. The van der Waals surface area contributed by atoms with Gasteiger partial charge in [0.15, 0.2) is 0 Å². The van der Waals surface area contributed by atoms with Crippen molar-refractivity contribution in [3.05, 3.63) is 64.8 Å². The fourth-order valence-electron chi connectivity index (χ4n) is 5.27. The second-order valence-corrected chi connectivity index (χ2v) is 9.07. The molecule has 1 spiro atoms. The number of β-amino-alcohol motifs (C(OH)–C–C–N with tert-alkyl or cyclic N) is 1. The lowest BCUT2D eigenvalue weighted by Gasteiger charge is -2.46. The van der Waals surface area contributed by atoms with Crippen molar-refractivity contribution in [3.63, 3.8) is 0 Å². The van der Waals surface area contributed by atoms with Gasteiger partial charge in [0.05, 0.1) is 12.2 Å². The molecule has 1 fully saturated rings. The third-order valence-electron chi connectivity index (χ3n) is 6.89. The number of rotatable bonds is 3. The number of aromatic nitrogens is 1. The molecule has 158 valence electrons. The molecule has 0 aliphatic carbocycles. The number of hydrogen-bond acceptors (Lipinski definition) is 4. The zero-order valence-electron chi connectivity index (χ0n) is 17.7. The maximum atomic E-state index is 11.0. The van der Waals surface area contributed by atoms with Crippen LogP contribution in [0.4, 0.5) is 0 Å². The molecule has 30 heavy (non-hydrogen) atoms. The molecule has 0 bridgehead atoms. The molecule has 1 saturated heterocycles. The SMILES string of the molecule is Cc1ccc2c(c1)[C@@H](O)CC1(CCN(C[C@H](O)c3c(C)[nH]c4ccccc34)CC1)O2. The van der Waals surface area contributed by atoms with Gasteiger partial charge in [0.2, 0.25) is 0 Å². The van der Waals surface area contributed by atoms with E-state index in [0.29, 0.717) is 13.0 Å². The average Bonchev–Trinajstić information content (AvgIpc) is 3.06. The van der Waals surface area contributed by atoms with Crippen LogP contribution in [-0.2, 0) is 0 Å². The van der Waals surface area contributed by atoms with E-state index < -0.39 is 12.2 Å². The number of benzene rings is 2. The molecule has 1 aromatic heterocycles. The Balaban J connectivity index is 1.27. The van der Waals surface area contributed by atoms with Crippen LogP contribution in [-0.4, -0.2) is 45.3 Å². The predicted molar refractivity (Wildman–Crippen MR) is 118 cm³/mol. The highest BCUT2D eigenvalue weighted by atomic mass is 16.5. The molecule has 3 heterocycles. The van der Waals surface area contributed by atoms with Gasteiger partial charge in [-0.2, -0.15) is 0 Å². The summed E-state index contributed by atoms with van der Waals surface area (Å²) in [5.74, 6) is 0.822. The Kier molecular flexibility index (Phi) is 4.85. The molecule has 5 heteroatoms. The van der Waals surface area contributed by atoms with E-state index in [0.717, 1.165) is 65.0 Å². The zero-order chi connectivity index (χ0) is 20.9. The van der Waals surface area contributed by atoms with Crippen molar-refractivity contribution in [1.82, 2.24) is 9.88 Å². The van der Waals surface area contributed by atoms with Crippen molar-refractivity contribution in [2.45, 2.75) is 50.9 Å². The first-order valence-corrected chi connectivity index (χ1v) is 10.9. The van der Waals surface area contributed by atoms with E-state index in [2.05, 4.69) is 16.0 Å². The Morgan fingerprint density at radius 3 is 2.73 bits per heavy atom. The van der Waals surface area contributed by atoms with E-state index in [4.69, 9.17) is 4.74 Å². The van der Waals surface area contributed by atoms with Crippen LogP contribution in [0.3, 0.4) is 0 Å². The number of ether oxygens (including phenoxy) is 1. The lowest BCUT2D eigenvalue weighted by molar-refractivity contribution is -0.0587. The third kappa shape index (κ3) is 3.41. The molecular formula is C25H30N2O3. The first kappa shape index (κ1) is 19.6. The van der Waals surface area contributed by atoms with Gasteiger partial charge in [-0.25, -0.2) is 0 Å². The smallest absolute Gasteiger partial charge is 0.125 e. The monoisotopic (exact) mass is 406 g/mol. The lowest BCUT2D eigenvalue weighted by atomic mass is 9.81. The minimum absolute atomic E-state index is 0.306. The zero-order valence-corrected chi connectivity index (χ0v) is 17.7. The van der Waals surface area contributed by atoms with E-state index in [1.807, 2.05) is 50.2 Å². The van der Waals surface area contributed by atoms with Crippen molar-refractivity contribution < 1.29 is 14.9 Å². The number of piperidine rings is 1. The number of aryl methyl sites for hydroxylation is 2. The van der Waals surface area contributed by atoms with Crippen molar-refractivity contribution in [2.24, 2.45) is 0 Å². The van der Waals surface area contributed by atoms with Crippen LogP contribution in [0.25, 0.3) is 10.9 Å². The summed E-state index contributed by atoms with van der Waals surface area (Å²) in [5, 5.41) is 22.8. The summed E-state index contributed by atoms with van der Waals surface area (Å²) >= 11 is 0. The summed E-state index contributed by atoms with van der Waals surface area (Å²) in [4.78, 5) is 5.70. The van der Waals surface area contributed by atoms with Crippen molar-refractivity contribution in [3.8, 4) is 5.75 Å². The Labute approximate surface area is 177 Å². The Morgan fingerprint density at radius 1 is 1.17 bits per heavy atom. The van der Waals surface area contributed by atoms with Gasteiger partial charge < -0.3 is 24.8 Å². The second-order valence-electron chi connectivity index (χ2n) is 9.07. The number of nitrogens with zero attached hydrogens (tertiary/aromatic N) is 1. The molecular weight excluding hydrogens is 376 g/mol. The highest BCUT2D eigenvalue weighted by molar-refractivity contribution is 5.84. The number of H-pyrrole nitrogens is 1. The van der Waals surface area contributed by atoms with Crippen LogP contribution in [0.2, 0.25) is 0 Å². The number of aliphatic hydroxyl groups is 2. The molecule has 0 unspecified atom stereocenters. The van der Waals surface area contributed by atoms with Gasteiger partial charge in [0.1, 0.15) is 11.4 Å². The maximum absolute atomic E-state index is 11.0. The molecule has 3 aromatic rings. The lowest BCUT2D eigenvalue weighted by Crippen LogP contribution is -2.51. The molecule has 5 rings (SSSR count). The van der Waals surface area contributed by atoms with Crippen molar-refractivity contribution >= 4 is 10.9 Å². The minimum Gasteiger partial charge on any atom is -0.487 e. The van der Waals surface area contributed by atoms with E-state index >= 15 is 0 Å². The Hall–Kier alpha value is -2.34. The van der Waals surface area contributed by atoms with Crippen LogP contribution >= 0.6 is 0 Å². The summed E-state index contributed by atoms with van der Waals surface area (Å²) in [6.07, 6.45) is 1.35. The van der Waals surface area contributed by atoms with Crippen LogP contribution in [0.5, 0.6) is 5.75 Å². The summed E-state index contributed by atoms with van der Waals surface area (Å²) in [7, 11) is 0. The molecule has 2 atom stereocenters. The Bertz CT molecular complexity index is 1070. The standard InChI is InChI=1S/C25H30N2O3/c1-16-7-8-23-19(13-16)21(28)14-25(30-23)9-11-27(12-10-25)15-22(29)24-17(2)26-20-6-4-3-5-18(20)24/h3-8,13,21-22,26,28-29H,9-12,14-15H2,1-2H3/t21-,22-/m0/s1. The van der Waals surface area contributed by atoms with Gasteiger partial charge in [0.25, 0.3) is 0 Å². The van der Waals surface area contributed by atoms with Gasteiger partial charge in [-0.1, -0.05) is 29.8 Å². The summed E-state index contributed by atoms with van der Waals surface area (Å²) in [6, 6.07) is 14.2. The molecule has 0 saturated carbocycles. The third-order valence-corrected chi connectivity index (χ3v) is 6.89. The highest BCUT2D eigenvalue weighted by Gasteiger charge is 2.43. The molecule has 2 aliphatic rings. The summed E-state index contributed by atoms with van der Waals surface area (Å²) < 4.78 is 6.43. The van der Waals surface area contributed by atoms with Crippen LogP contribution in [0.15, 0.2) is 42.5 Å². The van der Waals surface area contributed by atoms with Crippen molar-refractivity contribution in [1.29, 1.82) is 0 Å². The number of aromatic amines is 1. The topological polar surface area (TPSA) is 68.7 Å². The van der Waals surface area contributed by atoms with Crippen LogP contribution in [0.1, 0.15) is 53.9 Å². The normalized spacial score (nSPS) is 22.1. The number of aliphatic hydroxyl groups excluding tert-OH is 2. The van der Waals surface area contributed by atoms with E-state index in [9.17, 15) is 10.2 Å². The molecule has 2 aromatic carbocycles. The molecule has 3 N–H and O–H groups in total. The fourth-order valence-corrected chi connectivity index (χ4v) is 5.27. The molecule has 0 radical (unpaired) electrons. The minimum atomic E-state index is -0.531. The summed E-state index contributed by atoms with van der Waals surface area (Å²) in [5.41, 5.74) is 4.85. The number of hydrogen-bond donors (Lipinski definition) is 3. The first-order valence-electron chi connectivity index (χ1n) is 10.9. The van der Waals surface area contributed by atoms with Gasteiger partial charge in [-0.15, -0.1) is 0 Å². The van der Waals surface area contributed by atoms with Gasteiger partial charge in [-0.05, 0) is 44.9 Å².